The van der Waals surface area contributed by atoms with Crippen LogP contribution in [-0.4, -0.2) is 53.2 Å². The lowest BCUT2D eigenvalue weighted by atomic mass is 9.55. The predicted octanol–water partition coefficient (Wildman–Crippen LogP) is 5.52. The molecule has 6 heteroatoms. The lowest BCUT2D eigenvalue weighted by molar-refractivity contribution is -0.187. The molecule has 2 aromatic rings. The van der Waals surface area contributed by atoms with E-state index in [1.807, 2.05) is 18.2 Å². The van der Waals surface area contributed by atoms with Crippen LogP contribution in [0.2, 0.25) is 0 Å². The summed E-state index contributed by atoms with van der Waals surface area (Å²) in [5.41, 5.74) is 1.23. The van der Waals surface area contributed by atoms with E-state index in [-0.39, 0.29) is 23.7 Å². The fourth-order valence-electron chi connectivity index (χ4n) is 7.17. The summed E-state index contributed by atoms with van der Waals surface area (Å²) in [4.78, 5) is 28.0. The number of esters is 1. The fourth-order valence-corrected chi connectivity index (χ4v) is 7.17. The lowest BCUT2D eigenvalue weighted by Gasteiger charge is -2.59. The summed E-state index contributed by atoms with van der Waals surface area (Å²) in [6.07, 6.45) is 10.2. The van der Waals surface area contributed by atoms with Crippen molar-refractivity contribution >= 4 is 11.9 Å². The Labute approximate surface area is 233 Å². The van der Waals surface area contributed by atoms with Crippen LogP contribution in [0.4, 0.5) is 0 Å². The van der Waals surface area contributed by atoms with Crippen LogP contribution in [-0.2, 0) is 26.2 Å². The number of carbonyl (C=O) groups is 2. The van der Waals surface area contributed by atoms with Crippen LogP contribution in [0.5, 0.6) is 5.75 Å². The van der Waals surface area contributed by atoms with Crippen LogP contribution in [0.3, 0.4) is 0 Å². The molecule has 2 N–H and O–H groups in total. The maximum Gasteiger partial charge on any atom is 0.303 e. The molecule has 2 aromatic carbocycles. The zero-order chi connectivity index (χ0) is 27.3. The van der Waals surface area contributed by atoms with E-state index in [1.165, 1.54) is 25.3 Å². The Balaban J connectivity index is 1.26. The van der Waals surface area contributed by atoms with E-state index in [0.29, 0.717) is 25.8 Å². The fraction of sp³-hybridized carbons (Fsp3) is 0.576. The summed E-state index contributed by atoms with van der Waals surface area (Å²) >= 11 is 0. The van der Waals surface area contributed by atoms with Crippen molar-refractivity contribution in [3.05, 3.63) is 65.7 Å². The second-order valence-electron chi connectivity index (χ2n) is 12.2. The van der Waals surface area contributed by atoms with Gasteiger partial charge in [-0.05, 0) is 93.5 Å². The van der Waals surface area contributed by atoms with Crippen LogP contribution in [0, 0.1) is 5.92 Å². The number of phenolic OH excluding ortho intramolecular Hbond substituents is 1. The Kier molecular flexibility index (Phi) is 8.61. The van der Waals surface area contributed by atoms with Gasteiger partial charge < -0.3 is 15.2 Å². The smallest absolute Gasteiger partial charge is 0.303 e. The van der Waals surface area contributed by atoms with Crippen molar-refractivity contribution in [2.24, 2.45) is 5.92 Å². The Morgan fingerprint density at radius 1 is 1.03 bits per heavy atom. The van der Waals surface area contributed by atoms with Gasteiger partial charge in [-0.2, -0.15) is 0 Å². The first-order valence-electron chi connectivity index (χ1n) is 14.9. The van der Waals surface area contributed by atoms with Crippen LogP contribution < -0.4 is 5.32 Å². The van der Waals surface area contributed by atoms with Crippen LogP contribution in [0.1, 0.15) is 82.3 Å². The van der Waals surface area contributed by atoms with Crippen molar-refractivity contribution in [2.75, 3.05) is 19.6 Å². The van der Waals surface area contributed by atoms with Crippen molar-refractivity contribution in [1.82, 2.24) is 10.2 Å². The number of carbonyl (C=O) groups excluding carboxylic acids is 2. The van der Waals surface area contributed by atoms with E-state index in [4.69, 9.17) is 4.74 Å². The minimum Gasteiger partial charge on any atom is -0.508 e. The van der Waals surface area contributed by atoms with E-state index < -0.39 is 11.0 Å². The number of hydrogen-bond acceptors (Lipinski definition) is 5. The molecule has 0 aromatic heterocycles. The van der Waals surface area contributed by atoms with Crippen molar-refractivity contribution in [3.63, 3.8) is 0 Å². The van der Waals surface area contributed by atoms with E-state index in [0.717, 1.165) is 63.1 Å². The highest BCUT2D eigenvalue weighted by atomic mass is 16.6. The molecule has 39 heavy (non-hydrogen) atoms. The van der Waals surface area contributed by atoms with Crippen LogP contribution in [0.25, 0.3) is 0 Å². The highest BCUT2D eigenvalue weighted by molar-refractivity contribution is 5.76. The number of hydrogen-bond donors (Lipinski definition) is 2. The number of nitrogens with one attached hydrogen (secondary N) is 1. The van der Waals surface area contributed by atoms with Gasteiger partial charge >= 0.3 is 5.97 Å². The summed E-state index contributed by atoms with van der Waals surface area (Å²) in [7, 11) is 0. The molecule has 0 unspecified atom stereocenters. The highest BCUT2D eigenvalue weighted by Crippen LogP contribution is 2.54. The number of amides is 1. The van der Waals surface area contributed by atoms with Crippen molar-refractivity contribution in [2.45, 2.75) is 94.6 Å². The third-order valence-electron chi connectivity index (χ3n) is 9.23. The third-order valence-corrected chi connectivity index (χ3v) is 9.23. The first-order chi connectivity index (χ1) is 18.9. The highest BCUT2D eigenvalue weighted by Gasteiger charge is 2.61. The van der Waals surface area contributed by atoms with Gasteiger partial charge in [0.15, 0.2) is 0 Å². The summed E-state index contributed by atoms with van der Waals surface area (Å²) in [6.45, 7) is 4.20. The van der Waals surface area contributed by atoms with E-state index >= 15 is 0 Å². The normalized spacial score (nSPS) is 26.9. The number of aryl methyl sites for hydroxylation is 1. The number of fused-ring (bicyclic) bond motifs is 1. The van der Waals surface area contributed by atoms with Crippen molar-refractivity contribution in [3.8, 4) is 5.75 Å². The number of nitrogens with zero attached hydrogens (tertiary/aromatic N) is 1. The molecule has 1 saturated heterocycles. The first-order valence-corrected chi connectivity index (χ1v) is 14.9. The summed E-state index contributed by atoms with van der Waals surface area (Å²) in [5.74, 6) is 0.833. The van der Waals surface area contributed by atoms with Crippen molar-refractivity contribution < 1.29 is 19.4 Å². The lowest BCUT2D eigenvalue weighted by Crippen LogP contribution is -2.68. The van der Waals surface area contributed by atoms with E-state index in [2.05, 4.69) is 40.5 Å². The Morgan fingerprint density at radius 2 is 1.85 bits per heavy atom. The first kappa shape index (κ1) is 27.7. The number of unbranched alkanes of at least 4 members (excludes halogenated alkanes) is 2. The van der Waals surface area contributed by atoms with Crippen molar-refractivity contribution in [1.29, 1.82) is 0 Å². The zero-order valence-electron chi connectivity index (χ0n) is 23.4. The summed E-state index contributed by atoms with van der Waals surface area (Å²) in [6, 6.07) is 18.0. The summed E-state index contributed by atoms with van der Waals surface area (Å²) in [5, 5.41) is 13.8. The molecule has 0 radical (unpaired) electrons. The maximum absolute atomic E-state index is 13.0. The van der Waals surface area contributed by atoms with Gasteiger partial charge in [-0.3, -0.25) is 14.5 Å². The number of likely N-dealkylation sites (tertiary alicyclic amines) is 1. The molecule has 3 aliphatic rings. The molecule has 2 aliphatic carbocycles. The molecule has 6 nitrogen and oxygen atoms in total. The van der Waals surface area contributed by atoms with Gasteiger partial charge in [-0.1, -0.05) is 48.9 Å². The topological polar surface area (TPSA) is 78.9 Å². The molecule has 210 valence electrons. The van der Waals surface area contributed by atoms with Gasteiger partial charge in [-0.15, -0.1) is 0 Å². The molecule has 3 fully saturated rings. The standard InChI is InChI=1S/C33H44N2O4/c1-25(36)39-33-18-17-29(34-31(38)14-7-3-6-11-26-9-4-2-5-10-26)22-32(33,28-12-8-13-30(37)21-28)19-20-35(24-33)23-27-15-16-27/h2,4-5,8-10,12-13,21,27,29,37H,3,6-7,11,14-20,22-24H2,1H3,(H,34,38)/t29-,32-,33-/m0/s1. The molecular weight excluding hydrogens is 488 g/mol. The van der Waals surface area contributed by atoms with Gasteiger partial charge in [0.05, 0.1) is 0 Å². The number of piperidine rings is 1. The second-order valence-corrected chi connectivity index (χ2v) is 12.2. The SMILES string of the molecule is CC(=O)O[C@]12CC[C@H](NC(=O)CCCCCc3ccccc3)C[C@]1(c1cccc(O)c1)CCN(CC1CC1)C2. The minimum absolute atomic E-state index is 0.0165. The number of rotatable bonds is 11. The maximum atomic E-state index is 13.0. The van der Waals surface area contributed by atoms with Gasteiger partial charge in [0.2, 0.25) is 5.91 Å². The average molecular weight is 533 g/mol. The molecule has 0 spiro atoms. The quantitative estimate of drug-likeness (QED) is 0.294. The van der Waals surface area contributed by atoms with Gasteiger partial charge in [0.25, 0.3) is 0 Å². The number of benzene rings is 2. The average Bonchev–Trinajstić information content (AvgIpc) is 3.73. The van der Waals surface area contributed by atoms with E-state index in [9.17, 15) is 14.7 Å². The van der Waals surface area contributed by atoms with Gasteiger partial charge in [-0.25, -0.2) is 0 Å². The second kappa shape index (κ2) is 12.1. The Bertz CT molecular complexity index is 1130. The number of aromatic hydroxyl groups is 1. The van der Waals surface area contributed by atoms with Crippen LogP contribution in [0.15, 0.2) is 54.6 Å². The van der Waals surface area contributed by atoms with E-state index in [1.54, 1.807) is 6.07 Å². The summed E-state index contributed by atoms with van der Waals surface area (Å²) < 4.78 is 6.32. The van der Waals surface area contributed by atoms with Gasteiger partial charge in [0.1, 0.15) is 11.4 Å². The molecule has 5 rings (SSSR count). The number of ether oxygens (including phenoxy) is 1. The molecule has 1 heterocycles. The number of phenols is 1. The molecule has 3 atom stereocenters. The Morgan fingerprint density at radius 3 is 2.59 bits per heavy atom. The van der Waals surface area contributed by atoms with Gasteiger partial charge in [0, 0.05) is 37.9 Å². The minimum atomic E-state index is -0.668. The monoisotopic (exact) mass is 532 g/mol. The molecule has 2 saturated carbocycles. The molecule has 0 bridgehead atoms. The zero-order valence-corrected chi connectivity index (χ0v) is 23.4. The largest absolute Gasteiger partial charge is 0.508 e. The Hall–Kier alpha value is -2.86. The molecule has 1 aliphatic heterocycles. The molecule has 1 amide bonds. The predicted molar refractivity (Wildman–Crippen MR) is 152 cm³/mol. The third kappa shape index (κ3) is 6.66. The molecular formula is C33H44N2O4. The van der Waals surface area contributed by atoms with Crippen LogP contribution >= 0.6 is 0 Å².